The highest BCUT2D eigenvalue weighted by atomic mass is 35.5. The summed E-state index contributed by atoms with van der Waals surface area (Å²) in [5, 5.41) is 6.48. The molecule has 0 saturated carbocycles. The molecule has 9 nitrogen and oxygen atoms in total. The van der Waals surface area contributed by atoms with E-state index in [0.717, 1.165) is 5.56 Å². The normalized spacial score (nSPS) is 21.3. The molecule has 0 radical (unpaired) electrons. The Balaban J connectivity index is 1.74. The highest BCUT2D eigenvalue weighted by molar-refractivity contribution is 6.31. The Bertz CT molecular complexity index is 1720. The number of hydrogen-bond acceptors (Lipinski definition) is 8. The van der Waals surface area contributed by atoms with Gasteiger partial charge in [-0.3, -0.25) is 14.6 Å². The number of esters is 1. The molecule has 1 aliphatic heterocycles. The maximum absolute atomic E-state index is 16.1. The van der Waals surface area contributed by atoms with Crippen LogP contribution in [0.25, 0.3) is 0 Å². The number of halogens is 4. The summed E-state index contributed by atoms with van der Waals surface area (Å²) in [7, 11) is 3.03. The molecule has 0 spiro atoms. The van der Waals surface area contributed by atoms with Gasteiger partial charge < -0.3 is 30.6 Å². The van der Waals surface area contributed by atoms with Crippen LogP contribution in [0.4, 0.5) is 14.5 Å². The largest absolute Gasteiger partial charge is 0.495 e. The Morgan fingerprint density at radius 3 is 2.50 bits per heavy atom. The van der Waals surface area contributed by atoms with Gasteiger partial charge >= 0.3 is 5.97 Å². The van der Waals surface area contributed by atoms with Crippen LogP contribution in [0.1, 0.15) is 56.7 Å². The molecule has 3 aromatic carbocycles. The van der Waals surface area contributed by atoms with Crippen molar-refractivity contribution in [3.8, 4) is 5.75 Å². The lowest BCUT2D eigenvalue weighted by molar-refractivity contribution is -0.146. The third kappa shape index (κ3) is 8.81. The summed E-state index contributed by atoms with van der Waals surface area (Å²) in [5.41, 5.74) is 5.26. The number of carbonyl (C=O) groups excluding carboxylic acids is 2. The summed E-state index contributed by atoms with van der Waals surface area (Å²) >= 11 is 12.5. The number of carbonyl (C=O) groups is 2. The van der Waals surface area contributed by atoms with Gasteiger partial charge in [-0.2, -0.15) is 0 Å². The fourth-order valence-corrected chi connectivity index (χ4v) is 6.86. The molecule has 4 N–H and O–H groups in total. The van der Waals surface area contributed by atoms with Gasteiger partial charge in [0.05, 0.1) is 42.5 Å². The highest BCUT2D eigenvalue weighted by Gasteiger charge is 2.59. The summed E-state index contributed by atoms with van der Waals surface area (Å²) in [6, 6.07) is 11.7. The number of amides is 1. The first-order chi connectivity index (χ1) is 23.6. The Morgan fingerprint density at radius 2 is 1.86 bits per heavy atom. The van der Waals surface area contributed by atoms with Crippen LogP contribution in [0.3, 0.4) is 0 Å². The summed E-state index contributed by atoms with van der Waals surface area (Å²) in [6.07, 6.45) is 2.07. The van der Waals surface area contributed by atoms with Crippen LogP contribution in [0, 0.1) is 17.0 Å². The SMILES string of the molecule is C/N=C\[C@]1(c2ccc(Cl)cc2F)C(CC(C)(C)C)N[C@@H](C(=O)Nc2ccc(COCCOC(=O)[C@H](C)N)cc2OC)[C@@H]1c1cccc(Cl)c1F. The molecule has 270 valence electrons. The Morgan fingerprint density at radius 1 is 1.12 bits per heavy atom. The van der Waals surface area contributed by atoms with E-state index in [4.69, 9.17) is 43.1 Å². The molecule has 50 heavy (non-hydrogen) atoms. The van der Waals surface area contributed by atoms with E-state index >= 15 is 8.78 Å². The van der Waals surface area contributed by atoms with Crippen LogP contribution in [-0.2, 0) is 31.1 Å². The molecule has 3 aromatic rings. The monoisotopic (exact) mass is 732 g/mol. The van der Waals surface area contributed by atoms with Crippen molar-refractivity contribution in [2.45, 2.75) is 70.2 Å². The Labute approximate surface area is 301 Å². The minimum atomic E-state index is -1.36. The van der Waals surface area contributed by atoms with Crippen molar-refractivity contribution in [2.75, 3.05) is 32.7 Å². The van der Waals surface area contributed by atoms with Crippen molar-refractivity contribution < 1.29 is 32.6 Å². The van der Waals surface area contributed by atoms with Crippen LogP contribution in [0.5, 0.6) is 5.75 Å². The van der Waals surface area contributed by atoms with Crippen LogP contribution in [0.2, 0.25) is 10.0 Å². The van der Waals surface area contributed by atoms with Crippen molar-refractivity contribution in [1.29, 1.82) is 0 Å². The van der Waals surface area contributed by atoms with E-state index in [0.29, 0.717) is 17.9 Å². The minimum Gasteiger partial charge on any atom is -0.495 e. The van der Waals surface area contributed by atoms with Gasteiger partial charge in [-0.25, -0.2) is 8.78 Å². The average molecular weight is 734 g/mol. The number of aliphatic imine (C=N–C) groups is 1. The summed E-state index contributed by atoms with van der Waals surface area (Å²) < 4.78 is 48.5. The number of nitrogens with two attached hydrogens (primary N) is 1. The van der Waals surface area contributed by atoms with E-state index in [9.17, 15) is 9.59 Å². The van der Waals surface area contributed by atoms with E-state index < -0.39 is 53.0 Å². The molecule has 0 bridgehead atoms. The second-order valence-electron chi connectivity index (χ2n) is 13.6. The number of anilines is 1. The number of nitrogens with zero attached hydrogens (tertiary/aromatic N) is 1. The Kier molecular flexibility index (Phi) is 13.0. The first-order valence-corrected chi connectivity index (χ1v) is 16.9. The molecule has 1 saturated heterocycles. The van der Waals surface area contributed by atoms with Crippen molar-refractivity contribution in [2.24, 2.45) is 16.1 Å². The van der Waals surface area contributed by atoms with Crippen LogP contribution in [0.15, 0.2) is 59.6 Å². The Hall–Kier alpha value is -3.61. The third-order valence-electron chi connectivity index (χ3n) is 8.60. The van der Waals surface area contributed by atoms with Crippen molar-refractivity contribution in [3.05, 3.63) is 93.0 Å². The smallest absolute Gasteiger partial charge is 0.322 e. The molecule has 1 unspecified atom stereocenters. The van der Waals surface area contributed by atoms with Crippen LogP contribution < -0.4 is 21.1 Å². The molecule has 4 rings (SSSR count). The molecule has 1 aliphatic rings. The lowest BCUT2D eigenvalue weighted by atomic mass is 9.62. The van der Waals surface area contributed by atoms with Gasteiger partial charge in [0.15, 0.2) is 0 Å². The van der Waals surface area contributed by atoms with Gasteiger partial charge in [0.2, 0.25) is 5.91 Å². The first-order valence-electron chi connectivity index (χ1n) is 16.2. The van der Waals surface area contributed by atoms with Gasteiger partial charge in [0, 0.05) is 35.8 Å². The van der Waals surface area contributed by atoms with E-state index in [1.165, 1.54) is 26.2 Å². The van der Waals surface area contributed by atoms with Crippen molar-refractivity contribution >= 4 is 47.0 Å². The molecule has 13 heteroatoms. The number of rotatable bonds is 13. The fraction of sp³-hybridized carbons (Fsp3) is 0.432. The molecule has 1 fully saturated rings. The summed E-state index contributed by atoms with van der Waals surface area (Å²) in [6.45, 7) is 8.02. The zero-order valence-electron chi connectivity index (χ0n) is 29.0. The standard InChI is InChI=1S/C37H44Cl2F2N4O5/c1-21(42)35(47)50-15-14-49-19-22-10-13-28(29(16-22)48-6)44-34(46)33-31(24-8-7-9-26(39)32(24)41)37(20-43-5,30(45-33)18-36(2,3)4)25-12-11-23(38)17-27(25)40/h7-13,16-17,20-21,30-31,33,45H,14-15,18-19,42H2,1-6H3,(H,44,46)/b43-20-/t21-,30?,31-,33+,37-/m0/s1. The zero-order chi connectivity index (χ0) is 36.8. The maximum atomic E-state index is 16.1. The number of nitrogens with one attached hydrogen (secondary N) is 2. The van der Waals surface area contributed by atoms with E-state index in [1.807, 2.05) is 20.8 Å². The van der Waals surface area contributed by atoms with E-state index in [-0.39, 0.29) is 46.4 Å². The minimum absolute atomic E-state index is 0.0504. The predicted octanol–water partition coefficient (Wildman–Crippen LogP) is 6.82. The van der Waals surface area contributed by atoms with Gasteiger partial charge in [0.1, 0.15) is 30.0 Å². The molecule has 0 aromatic heterocycles. The molecular formula is C37H44Cl2F2N4O5. The molecular weight excluding hydrogens is 689 g/mol. The van der Waals surface area contributed by atoms with E-state index in [1.54, 1.807) is 55.7 Å². The topological polar surface area (TPSA) is 124 Å². The lowest BCUT2D eigenvalue weighted by Crippen LogP contribution is -2.47. The molecule has 5 atom stereocenters. The van der Waals surface area contributed by atoms with Crippen molar-refractivity contribution in [3.63, 3.8) is 0 Å². The van der Waals surface area contributed by atoms with Gasteiger partial charge in [-0.1, -0.05) is 68.2 Å². The number of ether oxygens (including phenoxy) is 3. The number of hydrogen-bond donors (Lipinski definition) is 3. The molecule has 1 amide bonds. The maximum Gasteiger partial charge on any atom is 0.322 e. The van der Waals surface area contributed by atoms with Crippen molar-refractivity contribution in [1.82, 2.24) is 5.32 Å². The van der Waals surface area contributed by atoms with Crippen LogP contribution >= 0.6 is 23.2 Å². The van der Waals surface area contributed by atoms with Gasteiger partial charge in [-0.15, -0.1) is 0 Å². The first kappa shape index (κ1) is 39.2. The lowest BCUT2D eigenvalue weighted by Gasteiger charge is -2.40. The van der Waals surface area contributed by atoms with Gasteiger partial charge in [0.25, 0.3) is 0 Å². The zero-order valence-corrected chi connectivity index (χ0v) is 30.5. The number of methoxy groups -OCH3 is 1. The van der Waals surface area contributed by atoms with Gasteiger partial charge in [-0.05, 0) is 60.2 Å². The summed E-state index contributed by atoms with van der Waals surface area (Å²) in [5.74, 6) is -3.02. The third-order valence-corrected chi connectivity index (χ3v) is 9.12. The second-order valence-corrected chi connectivity index (χ2v) is 14.4. The predicted molar refractivity (Wildman–Crippen MR) is 192 cm³/mol. The molecule has 0 aliphatic carbocycles. The molecule has 1 heterocycles. The average Bonchev–Trinajstić information content (AvgIpc) is 3.35. The second kappa shape index (κ2) is 16.6. The quantitative estimate of drug-likeness (QED) is 0.100. The fourth-order valence-electron chi connectivity index (χ4n) is 6.52. The van der Waals surface area contributed by atoms with Crippen LogP contribution in [-0.4, -0.2) is 63.6 Å². The van der Waals surface area contributed by atoms with E-state index in [2.05, 4.69) is 15.6 Å². The highest BCUT2D eigenvalue weighted by Crippen LogP contribution is 2.52. The summed E-state index contributed by atoms with van der Waals surface area (Å²) in [4.78, 5) is 30.4. The number of benzene rings is 3.